The zero-order valence-corrected chi connectivity index (χ0v) is 15.5. The summed E-state index contributed by atoms with van der Waals surface area (Å²) in [5, 5.41) is 3.56. The van der Waals surface area contributed by atoms with Crippen LogP contribution in [-0.4, -0.2) is 23.0 Å². The molecular weight excluding hydrogens is 342 g/mol. The van der Waals surface area contributed by atoms with Crippen LogP contribution in [-0.2, 0) is 11.2 Å². The molecule has 1 aromatic heterocycles. The topological polar surface area (TPSA) is 84.1 Å². The van der Waals surface area contributed by atoms with Crippen molar-refractivity contribution >= 4 is 16.8 Å². The second-order valence-corrected chi connectivity index (χ2v) is 6.41. The van der Waals surface area contributed by atoms with Gasteiger partial charge in [-0.3, -0.25) is 9.59 Å². The van der Waals surface area contributed by atoms with Crippen molar-refractivity contribution in [1.29, 1.82) is 0 Å². The summed E-state index contributed by atoms with van der Waals surface area (Å²) in [5.74, 6) is 1.31. The van der Waals surface area contributed by atoms with Crippen LogP contribution in [0.15, 0.2) is 53.3 Å². The number of fused-ring (bicyclic) bond motifs is 1. The van der Waals surface area contributed by atoms with E-state index in [1.54, 1.807) is 13.2 Å². The number of ether oxygens (including phenoxy) is 1. The standard InChI is InChI=1S/C21H23N3O3/c1-14(15-8-4-6-11-18(15)27-2)22-20(25)13-7-12-19-23-17-10-5-3-9-16(17)21(26)24-19/h3-6,8-11,14H,7,12-13H2,1-2H3,(H,22,25)(H,23,24,26). The molecule has 0 fully saturated rings. The lowest BCUT2D eigenvalue weighted by molar-refractivity contribution is -0.121. The molecule has 140 valence electrons. The highest BCUT2D eigenvalue weighted by Gasteiger charge is 2.13. The Balaban J connectivity index is 1.56. The van der Waals surface area contributed by atoms with E-state index in [0.29, 0.717) is 36.0 Å². The van der Waals surface area contributed by atoms with Gasteiger partial charge in [-0.05, 0) is 31.5 Å². The van der Waals surface area contributed by atoms with Gasteiger partial charge < -0.3 is 15.0 Å². The third kappa shape index (κ3) is 4.53. The SMILES string of the molecule is COc1ccccc1C(C)NC(=O)CCCc1nc2ccccc2c(=O)[nH]1. The molecule has 0 spiro atoms. The van der Waals surface area contributed by atoms with Crippen LogP contribution in [0.3, 0.4) is 0 Å². The van der Waals surface area contributed by atoms with Crippen molar-refractivity contribution in [3.05, 3.63) is 70.3 Å². The number of amides is 1. The molecule has 0 aliphatic rings. The molecule has 0 aliphatic carbocycles. The molecule has 27 heavy (non-hydrogen) atoms. The summed E-state index contributed by atoms with van der Waals surface area (Å²) < 4.78 is 5.34. The highest BCUT2D eigenvalue weighted by molar-refractivity contribution is 5.77. The predicted molar refractivity (Wildman–Crippen MR) is 105 cm³/mol. The lowest BCUT2D eigenvalue weighted by Gasteiger charge is -2.17. The first-order valence-corrected chi connectivity index (χ1v) is 8.98. The van der Waals surface area contributed by atoms with Crippen molar-refractivity contribution in [3.63, 3.8) is 0 Å². The second-order valence-electron chi connectivity index (χ2n) is 6.41. The van der Waals surface area contributed by atoms with Crippen molar-refractivity contribution in [3.8, 4) is 5.75 Å². The molecule has 1 unspecified atom stereocenters. The van der Waals surface area contributed by atoms with Gasteiger partial charge in [-0.25, -0.2) is 4.98 Å². The maximum absolute atomic E-state index is 12.3. The number of benzene rings is 2. The number of carbonyl (C=O) groups excluding carboxylic acids is 1. The molecule has 3 aromatic rings. The van der Waals surface area contributed by atoms with Crippen LogP contribution in [0.5, 0.6) is 5.75 Å². The van der Waals surface area contributed by atoms with Crippen LogP contribution >= 0.6 is 0 Å². The summed E-state index contributed by atoms with van der Waals surface area (Å²) in [6.45, 7) is 1.93. The average molecular weight is 365 g/mol. The molecule has 0 radical (unpaired) electrons. The molecule has 0 saturated heterocycles. The molecule has 0 bridgehead atoms. The van der Waals surface area contributed by atoms with E-state index >= 15 is 0 Å². The summed E-state index contributed by atoms with van der Waals surface area (Å²) in [7, 11) is 1.62. The lowest BCUT2D eigenvalue weighted by Crippen LogP contribution is -2.26. The monoisotopic (exact) mass is 365 g/mol. The van der Waals surface area contributed by atoms with Gasteiger partial charge in [0.15, 0.2) is 0 Å². The maximum atomic E-state index is 12.3. The van der Waals surface area contributed by atoms with Crippen LogP contribution in [0.1, 0.15) is 37.2 Å². The number of nitrogens with zero attached hydrogens (tertiary/aromatic N) is 1. The van der Waals surface area contributed by atoms with Gasteiger partial charge in [0.1, 0.15) is 11.6 Å². The van der Waals surface area contributed by atoms with E-state index in [0.717, 1.165) is 11.3 Å². The van der Waals surface area contributed by atoms with Gasteiger partial charge >= 0.3 is 0 Å². The summed E-state index contributed by atoms with van der Waals surface area (Å²) in [5.41, 5.74) is 1.46. The Kier molecular flexibility index (Phi) is 5.86. The molecule has 1 atom stereocenters. The van der Waals surface area contributed by atoms with E-state index in [-0.39, 0.29) is 17.5 Å². The Morgan fingerprint density at radius 2 is 1.93 bits per heavy atom. The van der Waals surface area contributed by atoms with Gasteiger partial charge in [-0.2, -0.15) is 0 Å². The summed E-state index contributed by atoms with van der Waals surface area (Å²) in [6.07, 6.45) is 1.50. The number of hydrogen-bond acceptors (Lipinski definition) is 4. The predicted octanol–water partition coefficient (Wildman–Crippen LogP) is 3.13. The minimum absolute atomic E-state index is 0.0449. The molecule has 0 aliphatic heterocycles. The van der Waals surface area contributed by atoms with E-state index < -0.39 is 0 Å². The first-order chi connectivity index (χ1) is 13.1. The quantitative estimate of drug-likeness (QED) is 0.674. The summed E-state index contributed by atoms with van der Waals surface area (Å²) in [6, 6.07) is 14.7. The molecule has 3 rings (SSSR count). The summed E-state index contributed by atoms with van der Waals surface area (Å²) in [4.78, 5) is 31.6. The van der Waals surface area contributed by atoms with Crippen LogP contribution in [0.2, 0.25) is 0 Å². The number of hydrogen-bond donors (Lipinski definition) is 2. The van der Waals surface area contributed by atoms with Crippen molar-refractivity contribution in [2.45, 2.75) is 32.2 Å². The first-order valence-electron chi connectivity index (χ1n) is 8.98. The average Bonchev–Trinajstić information content (AvgIpc) is 2.68. The molecule has 6 nitrogen and oxygen atoms in total. The van der Waals surface area contributed by atoms with E-state index in [9.17, 15) is 9.59 Å². The van der Waals surface area contributed by atoms with Gasteiger partial charge in [-0.1, -0.05) is 30.3 Å². The molecule has 6 heteroatoms. The van der Waals surface area contributed by atoms with Crippen molar-refractivity contribution in [1.82, 2.24) is 15.3 Å². The third-order valence-corrected chi connectivity index (χ3v) is 4.46. The Hall–Kier alpha value is -3.15. The van der Waals surface area contributed by atoms with Crippen molar-refractivity contribution < 1.29 is 9.53 Å². The van der Waals surface area contributed by atoms with Crippen LogP contribution in [0.4, 0.5) is 0 Å². The normalized spacial score (nSPS) is 11.9. The van der Waals surface area contributed by atoms with Crippen LogP contribution < -0.4 is 15.6 Å². The number of nitrogens with one attached hydrogen (secondary N) is 2. The summed E-state index contributed by atoms with van der Waals surface area (Å²) >= 11 is 0. The fourth-order valence-corrected chi connectivity index (χ4v) is 3.09. The zero-order chi connectivity index (χ0) is 19.2. The number of aromatic amines is 1. The lowest BCUT2D eigenvalue weighted by atomic mass is 10.1. The van der Waals surface area contributed by atoms with E-state index in [4.69, 9.17) is 4.74 Å². The Labute approximate surface area is 157 Å². The highest BCUT2D eigenvalue weighted by atomic mass is 16.5. The van der Waals surface area contributed by atoms with Crippen molar-refractivity contribution in [2.75, 3.05) is 7.11 Å². The number of H-pyrrole nitrogens is 1. The molecule has 1 amide bonds. The molecule has 1 heterocycles. The minimum atomic E-state index is -0.148. The molecule has 2 aromatic carbocycles. The van der Waals surface area contributed by atoms with Gasteiger partial charge in [0, 0.05) is 18.4 Å². The smallest absolute Gasteiger partial charge is 0.258 e. The number of methoxy groups -OCH3 is 1. The minimum Gasteiger partial charge on any atom is -0.496 e. The first kappa shape index (κ1) is 18.6. The maximum Gasteiger partial charge on any atom is 0.258 e. The number of aromatic nitrogens is 2. The van der Waals surface area contributed by atoms with Gasteiger partial charge in [0.05, 0.1) is 24.1 Å². The molecular formula is C21H23N3O3. The number of para-hydroxylation sites is 2. The fraction of sp³-hybridized carbons (Fsp3) is 0.286. The van der Waals surface area contributed by atoms with Crippen LogP contribution in [0.25, 0.3) is 10.9 Å². The van der Waals surface area contributed by atoms with Gasteiger partial charge in [-0.15, -0.1) is 0 Å². The van der Waals surface area contributed by atoms with Gasteiger partial charge in [0.25, 0.3) is 5.56 Å². The highest BCUT2D eigenvalue weighted by Crippen LogP contribution is 2.24. The van der Waals surface area contributed by atoms with E-state index in [1.807, 2.05) is 49.4 Å². The second kappa shape index (κ2) is 8.49. The zero-order valence-electron chi connectivity index (χ0n) is 15.5. The molecule has 0 saturated carbocycles. The Morgan fingerprint density at radius 3 is 2.74 bits per heavy atom. The van der Waals surface area contributed by atoms with E-state index in [1.165, 1.54) is 0 Å². The Morgan fingerprint density at radius 1 is 1.19 bits per heavy atom. The van der Waals surface area contributed by atoms with E-state index in [2.05, 4.69) is 15.3 Å². The Bertz CT molecular complexity index is 997. The molecule has 2 N–H and O–H groups in total. The third-order valence-electron chi connectivity index (χ3n) is 4.46. The van der Waals surface area contributed by atoms with Crippen LogP contribution in [0, 0.1) is 0 Å². The fourth-order valence-electron chi connectivity index (χ4n) is 3.09. The number of aryl methyl sites for hydroxylation is 1. The van der Waals surface area contributed by atoms with Gasteiger partial charge in [0.2, 0.25) is 5.91 Å². The van der Waals surface area contributed by atoms with Crippen molar-refractivity contribution in [2.24, 2.45) is 0 Å². The number of carbonyl (C=O) groups is 1. The number of rotatable bonds is 7. The largest absolute Gasteiger partial charge is 0.496 e.